The van der Waals surface area contributed by atoms with E-state index in [9.17, 15) is 4.79 Å². The third-order valence-corrected chi connectivity index (χ3v) is 5.71. The van der Waals surface area contributed by atoms with Crippen LogP contribution in [-0.4, -0.2) is 22.8 Å². The fourth-order valence-corrected chi connectivity index (χ4v) is 3.86. The number of hydrogen-bond acceptors (Lipinski definition) is 3. The minimum absolute atomic E-state index is 0.0250. The second kappa shape index (κ2) is 7.16. The molecule has 1 amide bonds. The van der Waals surface area contributed by atoms with E-state index in [-0.39, 0.29) is 11.9 Å². The van der Waals surface area contributed by atoms with Gasteiger partial charge in [0.2, 0.25) is 5.91 Å². The van der Waals surface area contributed by atoms with E-state index in [4.69, 9.17) is 11.6 Å². The number of carbonyl (C=O) groups is 1. The Bertz CT molecular complexity index is 889. The van der Waals surface area contributed by atoms with Gasteiger partial charge >= 0.3 is 0 Å². The van der Waals surface area contributed by atoms with Crippen LogP contribution in [0.3, 0.4) is 0 Å². The van der Waals surface area contributed by atoms with E-state index in [0.717, 1.165) is 20.5 Å². The Morgan fingerprint density at radius 1 is 1.25 bits per heavy atom. The van der Waals surface area contributed by atoms with Crippen LogP contribution in [0.2, 0.25) is 5.02 Å². The number of aromatic nitrogens is 1. The maximum Gasteiger partial charge on any atom is 0.246 e. The lowest BCUT2D eigenvalue weighted by Gasteiger charge is -2.23. The summed E-state index contributed by atoms with van der Waals surface area (Å²) < 4.78 is 1.12. The van der Waals surface area contributed by atoms with Crippen LogP contribution in [0.1, 0.15) is 23.4 Å². The molecule has 0 aliphatic carbocycles. The highest BCUT2D eigenvalue weighted by molar-refractivity contribution is 7.20. The molecule has 3 rings (SSSR count). The molecule has 1 atom stereocenters. The third kappa shape index (κ3) is 3.35. The van der Waals surface area contributed by atoms with E-state index in [1.165, 1.54) is 0 Å². The fourth-order valence-electron chi connectivity index (χ4n) is 2.46. The second-order valence-electron chi connectivity index (χ2n) is 5.52. The Hall–Kier alpha value is -2.17. The number of thiophene rings is 1. The number of likely N-dealkylation sites (N-methyl/N-ethyl adjacent to an activating group) is 1. The Balaban J connectivity index is 1.78. The van der Waals surface area contributed by atoms with Crippen LogP contribution < -0.4 is 0 Å². The first-order valence-corrected chi connectivity index (χ1v) is 8.79. The number of carbonyl (C=O) groups excluding carboxylic acids is 1. The first kappa shape index (κ1) is 16.7. The van der Waals surface area contributed by atoms with Crippen LogP contribution in [-0.2, 0) is 4.79 Å². The van der Waals surface area contributed by atoms with Gasteiger partial charge in [0.05, 0.1) is 11.1 Å². The molecule has 0 N–H and O–H groups in total. The number of amides is 1. The highest BCUT2D eigenvalue weighted by Crippen LogP contribution is 2.36. The Morgan fingerprint density at radius 3 is 2.67 bits per heavy atom. The maximum atomic E-state index is 12.4. The third-order valence-electron chi connectivity index (χ3n) is 4.05. The van der Waals surface area contributed by atoms with Crippen LogP contribution in [0.5, 0.6) is 0 Å². The van der Waals surface area contributed by atoms with Gasteiger partial charge < -0.3 is 4.90 Å². The Labute approximate surface area is 150 Å². The van der Waals surface area contributed by atoms with Crippen molar-refractivity contribution in [1.82, 2.24) is 9.88 Å². The van der Waals surface area contributed by atoms with Crippen molar-refractivity contribution < 1.29 is 4.79 Å². The summed E-state index contributed by atoms with van der Waals surface area (Å²) in [5.41, 5.74) is 1.05. The van der Waals surface area contributed by atoms with Crippen molar-refractivity contribution in [3.63, 3.8) is 0 Å². The van der Waals surface area contributed by atoms with Crippen LogP contribution in [0.25, 0.3) is 16.2 Å². The summed E-state index contributed by atoms with van der Waals surface area (Å²) in [4.78, 5) is 19.1. The second-order valence-corrected chi connectivity index (χ2v) is 6.98. The number of benzene rings is 1. The van der Waals surface area contributed by atoms with Gasteiger partial charge in [0.15, 0.2) is 0 Å². The Kier molecular flexibility index (Phi) is 4.97. The summed E-state index contributed by atoms with van der Waals surface area (Å²) in [6, 6.07) is 11.8. The van der Waals surface area contributed by atoms with E-state index < -0.39 is 0 Å². The molecule has 1 aromatic carbocycles. The summed E-state index contributed by atoms with van der Waals surface area (Å²) in [5, 5.41) is 1.72. The minimum Gasteiger partial charge on any atom is -0.335 e. The van der Waals surface area contributed by atoms with E-state index in [0.29, 0.717) is 5.02 Å². The summed E-state index contributed by atoms with van der Waals surface area (Å²) in [6.07, 6.45) is 6.84. The van der Waals surface area contributed by atoms with E-state index >= 15 is 0 Å². The van der Waals surface area contributed by atoms with Crippen molar-refractivity contribution in [2.24, 2.45) is 0 Å². The highest BCUT2D eigenvalue weighted by Gasteiger charge is 2.15. The average molecular weight is 357 g/mol. The molecule has 122 valence electrons. The molecule has 24 heavy (non-hydrogen) atoms. The van der Waals surface area contributed by atoms with Crippen molar-refractivity contribution in [3.05, 3.63) is 70.3 Å². The molecule has 0 spiro atoms. The molecular weight excluding hydrogens is 340 g/mol. The van der Waals surface area contributed by atoms with E-state index in [1.807, 2.05) is 43.3 Å². The number of fused-ring (bicyclic) bond motifs is 1. The molecule has 1 unspecified atom stereocenters. The van der Waals surface area contributed by atoms with Crippen LogP contribution in [0.15, 0.2) is 54.9 Å². The number of hydrogen-bond donors (Lipinski definition) is 0. The summed E-state index contributed by atoms with van der Waals surface area (Å²) in [5.74, 6) is -0.0622. The fraction of sp³-hybridized carbons (Fsp3) is 0.158. The van der Waals surface area contributed by atoms with Crippen LogP contribution in [0.4, 0.5) is 0 Å². The van der Waals surface area contributed by atoms with Crippen LogP contribution in [0, 0.1) is 0 Å². The van der Waals surface area contributed by atoms with Gasteiger partial charge in [-0.15, -0.1) is 11.3 Å². The molecule has 0 saturated carbocycles. The van der Waals surface area contributed by atoms with Crippen molar-refractivity contribution in [1.29, 1.82) is 0 Å². The first-order chi connectivity index (χ1) is 11.6. The van der Waals surface area contributed by atoms with Crippen molar-refractivity contribution in [3.8, 4) is 0 Å². The number of pyridine rings is 1. The smallest absolute Gasteiger partial charge is 0.246 e. The van der Waals surface area contributed by atoms with Gasteiger partial charge in [0.25, 0.3) is 0 Å². The zero-order chi connectivity index (χ0) is 17.1. The molecule has 0 aliphatic rings. The molecule has 0 saturated heterocycles. The molecule has 3 nitrogen and oxygen atoms in total. The van der Waals surface area contributed by atoms with Gasteiger partial charge in [0.1, 0.15) is 0 Å². The van der Waals surface area contributed by atoms with E-state index in [1.54, 1.807) is 47.8 Å². The van der Waals surface area contributed by atoms with Crippen molar-refractivity contribution >= 4 is 45.0 Å². The molecule has 3 aromatic rings. The quantitative estimate of drug-likeness (QED) is 0.603. The molecule has 2 aromatic heterocycles. The molecule has 0 bridgehead atoms. The summed E-state index contributed by atoms with van der Waals surface area (Å²) >= 11 is 7.99. The standard InChI is InChI=1S/C19H17ClN2OS/c1-13(14-9-11-21-12-10-14)22(2)18(23)8-7-17-19(20)15-5-3-4-6-16(15)24-17/h3-13H,1-2H3/b8-7+. The Morgan fingerprint density at radius 2 is 1.96 bits per heavy atom. The normalized spacial score (nSPS) is 12.6. The van der Waals surface area contributed by atoms with Crippen molar-refractivity contribution in [2.75, 3.05) is 7.05 Å². The number of halogens is 1. The zero-order valence-electron chi connectivity index (χ0n) is 13.4. The summed E-state index contributed by atoms with van der Waals surface area (Å²) in [7, 11) is 1.80. The topological polar surface area (TPSA) is 33.2 Å². The maximum absolute atomic E-state index is 12.4. The molecule has 2 heterocycles. The highest BCUT2D eigenvalue weighted by atomic mass is 35.5. The number of nitrogens with zero attached hydrogens (tertiary/aromatic N) is 2. The van der Waals surface area contributed by atoms with Gasteiger partial charge in [0, 0.05) is 40.5 Å². The van der Waals surface area contributed by atoms with Crippen molar-refractivity contribution in [2.45, 2.75) is 13.0 Å². The van der Waals surface area contributed by atoms with Gasteiger partial charge in [-0.2, -0.15) is 0 Å². The first-order valence-electron chi connectivity index (χ1n) is 7.59. The lowest BCUT2D eigenvalue weighted by atomic mass is 10.1. The van der Waals surface area contributed by atoms with Gasteiger partial charge in [-0.1, -0.05) is 29.8 Å². The predicted octanol–water partition coefficient (Wildman–Crippen LogP) is 5.18. The SMILES string of the molecule is CC(c1ccncc1)N(C)C(=O)/C=C/c1sc2ccccc2c1Cl. The lowest BCUT2D eigenvalue weighted by Crippen LogP contribution is -2.27. The lowest BCUT2D eigenvalue weighted by molar-refractivity contribution is -0.126. The predicted molar refractivity (Wildman–Crippen MR) is 101 cm³/mol. The van der Waals surface area contributed by atoms with Gasteiger partial charge in [-0.25, -0.2) is 0 Å². The largest absolute Gasteiger partial charge is 0.335 e. The monoisotopic (exact) mass is 356 g/mol. The average Bonchev–Trinajstić information content (AvgIpc) is 2.95. The molecule has 0 aliphatic heterocycles. The number of rotatable bonds is 4. The van der Waals surface area contributed by atoms with Gasteiger partial charge in [-0.3, -0.25) is 9.78 Å². The minimum atomic E-state index is -0.0622. The zero-order valence-corrected chi connectivity index (χ0v) is 15.0. The molecule has 0 fully saturated rings. The van der Waals surface area contributed by atoms with E-state index in [2.05, 4.69) is 4.98 Å². The van der Waals surface area contributed by atoms with Gasteiger partial charge in [-0.05, 0) is 36.8 Å². The molecular formula is C19H17ClN2OS. The van der Waals surface area contributed by atoms with Crippen LogP contribution >= 0.6 is 22.9 Å². The molecule has 5 heteroatoms. The molecule has 0 radical (unpaired) electrons. The summed E-state index contributed by atoms with van der Waals surface area (Å²) in [6.45, 7) is 1.99.